The largest absolute Gasteiger partial charge is 0.352 e. The van der Waals surface area contributed by atoms with Crippen molar-refractivity contribution in [2.24, 2.45) is 0 Å². The van der Waals surface area contributed by atoms with Crippen molar-refractivity contribution in [2.45, 2.75) is 51.6 Å². The topological polar surface area (TPSA) is 49.4 Å². The Morgan fingerprint density at radius 1 is 1.03 bits per heavy atom. The summed E-state index contributed by atoms with van der Waals surface area (Å²) < 4.78 is 0. The molecule has 0 bridgehead atoms. The molecule has 30 heavy (non-hydrogen) atoms. The summed E-state index contributed by atoms with van der Waals surface area (Å²) in [6.07, 6.45) is 0.539. The minimum Gasteiger partial charge on any atom is -0.352 e. The molecule has 0 spiro atoms. The lowest BCUT2D eigenvalue weighted by molar-refractivity contribution is -0.139. The standard InChI is InChI=1S/C23H28Cl2N2O2S/c1-4-21(23(29)26-16(2)3)27(13-17-8-10-19(24)11-9-17)22(28)15-30-14-18-6-5-7-20(25)12-18/h5-12,16,21H,4,13-15H2,1-3H3,(H,26,29). The minimum absolute atomic E-state index is 0.0104. The van der Waals surface area contributed by atoms with Gasteiger partial charge in [0.1, 0.15) is 6.04 Å². The molecule has 2 amide bonds. The molecule has 0 saturated heterocycles. The van der Waals surface area contributed by atoms with E-state index in [0.29, 0.717) is 28.8 Å². The molecular formula is C23H28Cl2N2O2S. The summed E-state index contributed by atoms with van der Waals surface area (Å²) in [6, 6.07) is 14.5. The Kier molecular flexibility index (Phi) is 10.0. The molecule has 4 nitrogen and oxygen atoms in total. The predicted molar refractivity (Wildman–Crippen MR) is 127 cm³/mol. The maximum absolute atomic E-state index is 13.1. The van der Waals surface area contributed by atoms with Gasteiger partial charge in [0, 0.05) is 28.4 Å². The number of hydrogen-bond donors (Lipinski definition) is 1. The predicted octanol–water partition coefficient (Wildman–Crippen LogP) is 5.56. The van der Waals surface area contributed by atoms with Crippen LogP contribution in [0.4, 0.5) is 0 Å². The molecule has 0 fully saturated rings. The maximum Gasteiger partial charge on any atom is 0.243 e. The fraction of sp³-hybridized carbons (Fsp3) is 0.391. The van der Waals surface area contributed by atoms with Crippen LogP contribution in [0.5, 0.6) is 0 Å². The van der Waals surface area contributed by atoms with E-state index in [-0.39, 0.29) is 23.6 Å². The van der Waals surface area contributed by atoms with Crippen LogP contribution in [-0.2, 0) is 21.9 Å². The van der Waals surface area contributed by atoms with Crippen LogP contribution in [0, 0.1) is 0 Å². The SMILES string of the molecule is CCC(C(=O)NC(C)C)N(Cc1ccc(Cl)cc1)C(=O)CSCc1cccc(Cl)c1. The molecule has 1 unspecified atom stereocenters. The summed E-state index contributed by atoms with van der Waals surface area (Å²) in [5.74, 6) is 0.763. The Bertz CT molecular complexity index is 843. The third-order valence-electron chi connectivity index (χ3n) is 4.47. The number of thioether (sulfide) groups is 1. The highest BCUT2D eigenvalue weighted by molar-refractivity contribution is 7.99. The lowest BCUT2D eigenvalue weighted by Gasteiger charge is -2.31. The Labute approximate surface area is 193 Å². The summed E-state index contributed by atoms with van der Waals surface area (Å²) >= 11 is 13.5. The monoisotopic (exact) mass is 466 g/mol. The maximum atomic E-state index is 13.1. The second-order valence-electron chi connectivity index (χ2n) is 7.36. The van der Waals surface area contributed by atoms with Gasteiger partial charge in [0.2, 0.25) is 11.8 Å². The van der Waals surface area contributed by atoms with Crippen molar-refractivity contribution < 1.29 is 9.59 Å². The van der Waals surface area contributed by atoms with E-state index in [9.17, 15) is 9.59 Å². The lowest BCUT2D eigenvalue weighted by atomic mass is 10.1. The molecule has 0 saturated carbocycles. The first-order valence-electron chi connectivity index (χ1n) is 9.96. The third-order valence-corrected chi connectivity index (χ3v) is 5.94. The average Bonchev–Trinajstić information content (AvgIpc) is 2.68. The van der Waals surface area contributed by atoms with Gasteiger partial charge in [-0.3, -0.25) is 9.59 Å². The van der Waals surface area contributed by atoms with Gasteiger partial charge in [0.15, 0.2) is 0 Å². The number of carbonyl (C=O) groups is 2. The van der Waals surface area contributed by atoms with Crippen LogP contribution in [-0.4, -0.2) is 34.6 Å². The fourth-order valence-electron chi connectivity index (χ4n) is 3.05. The molecule has 0 aliphatic carbocycles. The van der Waals surface area contributed by atoms with Crippen LogP contribution < -0.4 is 5.32 Å². The van der Waals surface area contributed by atoms with Gasteiger partial charge in [-0.15, -0.1) is 11.8 Å². The number of carbonyl (C=O) groups excluding carboxylic acids is 2. The van der Waals surface area contributed by atoms with Crippen LogP contribution in [0.3, 0.4) is 0 Å². The van der Waals surface area contributed by atoms with E-state index in [4.69, 9.17) is 23.2 Å². The number of halogens is 2. The Balaban J connectivity index is 2.12. The first kappa shape index (κ1) is 24.6. The molecule has 0 aromatic heterocycles. The van der Waals surface area contributed by atoms with Gasteiger partial charge in [-0.25, -0.2) is 0 Å². The number of benzene rings is 2. The van der Waals surface area contributed by atoms with Gasteiger partial charge in [-0.05, 0) is 55.7 Å². The summed E-state index contributed by atoms with van der Waals surface area (Å²) in [5.41, 5.74) is 2.00. The van der Waals surface area contributed by atoms with Crippen molar-refractivity contribution in [3.63, 3.8) is 0 Å². The van der Waals surface area contributed by atoms with E-state index in [1.54, 1.807) is 17.0 Å². The fourth-order valence-corrected chi connectivity index (χ4v) is 4.25. The number of amides is 2. The normalized spacial score (nSPS) is 11.9. The molecular weight excluding hydrogens is 439 g/mol. The number of nitrogens with one attached hydrogen (secondary N) is 1. The summed E-state index contributed by atoms with van der Waals surface area (Å²) in [5, 5.41) is 4.25. The van der Waals surface area contributed by atoms with Gasteiger partial charge >= 0.3 is 0 Å². The van der Waals surface area contributed by atoms with Crippen molar-refractivity contribution >= 4 is 46.8 Å². The smallest absolute Gasteiger partial charge is 0.243 e. The first-order chi connectivity index (χ1) is 14.3. The van der Waals surface area contributed by atoms with Crippen LogP contribution in [0.15, 0.2) is 48.5 Å². The van der Waals surface area contributed by atoms with Gasteiger partial charge in [-0.1, -0.05) is 54.4 Å². The van der Waals surface area contributed by atoms with Gasteiger partial charge < -0.3 is 10.2 Å². The summed E-state index contributed by atoms with van der Waals surface area (Å²) in [6.45, 7) is 6.11. The molecule has 2 aromatic carbocycles. The van der Waals surface area contributed by atoms with Gasteiger partial charge in [-0.2, -0.15) is 0 Å². The molecule has 0 radical (unpaired) electrons. The van der Waals surface area contributed by atoms with Crippen LogP contribution in [0.25, 0.3) is 0 Å². The lowest BCUT2D eigenvalue weighted by Crippen LogP contribution is -2.50. The number of nitrogens with zero attached hydrogens (tertiary/aromatic N) is 1. The minimum atomic E-state index is -0.526. The average molecular weight is 467 g/mol. The summed E-state index contributed by atoms with van der Waals surface area (Å²) in [4.78, 5) is 27.6. The zero-order valence-electron chi connectivity index (χ0n) is 17.5. The van der Waals surface area contributed by atoms with E-state index in [2.05, 4.69) is 5.32 Å². The highest BCUT2D eigenvalue weighted by Crippen LogP contribution is 2.20. The van der Waals surface area contributed by atoms with Crippen LogP contribution in [0.2, 0.25) is 10.0 Å². The van der Waals surface area contributed by atoms with Crippen molar-refractivity contribution in [3.05, 3.63) is 69.7 Å². The molecule has 0 aliphatic heterocycles. The highest BCUT2D eigenvalue weighted by Gasteiger charge is 2.28. The Morgan fingerprint density at radius 2 is 1.73 bits per heavy atom. The van der Waals surface area contributed by atoms with E-state index >= 15 is 0 Å². The molecule has 0 aliphatic rings. The Hall–Kier alpha value is -1.69. The van der Waals surface area contributed by atoms with Gasteiger partial charge in [0.05, 0.1) is 5.75 Å². The molecule has 2 aromatic rings. The van der Waals surface area contributed by atoms with E-state index in [1.165, 1.54) is 11.8 Å². The number of rotatable bonds is 10. The number of hydrogen-bond acceptors (Lipinski definition) is 3. The second kappa shape index (κ2) is 12.2. The van der Waals surface area contributed by atoms with Gasteiger partial charge in [0.25, 0.3) is 0 Å². The van der Waals surface area contributed by atoms with Crippen LogP contribution in [0.1, 0.15) is 38.3 Å². The Morgan fingerprint density at radius 3 is 2.33 bits per heavy atom. The second-order valence-corrected chi connectivity index (χ2v) is 9.22. The van der Waals surface area contributed by atoms with Crippen molar-refractivity contribution in [2.75, 3.05) is 5.75 Å². The van der Waals surface area contributed by atoms with Crippen molar-refractivity contribution in [3.8, 4) is 0 Å². The third kappa shape index (κ3) is 7.86. The molecule has 0 heterocycles. The molecule has 7 heteroatoms. The zero-order valence-corrected chi connectivity index (χ0v) is 19.9. The highest BCUT2D eigenvalue weighted by atomic mass is 35.5. The first-order valence-corrected chi connectivity index (χ1v) is 11.9. The summed E-state index contributed by atoms with van der Waals surface area (Å²) in [7, 11) is 0. The molecule has 162 valence electrons. The zero-order chi connectivity index (χ0) is 22.1. The molecule has 1 N–H and O–H groups in total. The van der Waals surface area contributed by atoms with E-state index in [0.717, 1.165) is 11.1 Å². The molecule has 1 atom stereocenters. The van der Waals surface area contributed by atoms with Crippen molar-refractivity contribution in [1.29, 1.82) is 0 Å². The van der Waals surface area contributed by atoms with E-state index < -0.39 is 6.04 Å². The van der Waals surface area contributed by atoms with Crippen LogP contribution >= 0.6 is 35.0 Å². The van der Waals surface area contributed by atoms with E-state index in [1.807, 2.05) is 57.2 Å². The van der Waals surface area contributed by atoms with Crippen molar-refractivity contribution in [1.82, 2.24) is 10.2 Å². The quantitative estimate of drug-likeness (QED) is 0.498. The molecule has 2 rings (SSSR count).